The predicted molar refractivity (Wildman–Crippen MR) is 79.3 cm³/mol. The molecule has 2 rings (SSSR count). The standard InChI is InChI=1S/C16H17FN2O/c1-3-19(13-7-5-12(17)6-8-13)16(20)14-10-11(2)4-9-15(14)18/h4-10H,3,18H2,1-2H3. The van der Waals surface area contributed by atoms with E-state index in [4.69, 9.17) is 5.73 Å². The summed E-state index contributed by atoms with van der Waals surface area (Å²) in [7, 11) is 0. The number of halogens is 1. The Morgan fingerprint density at radius 1 is 1.20 bits per heavy atom. The van der Waals surface area contributed by atoms with Crippen molar-refractivity contribution in [1.29, 1.82) is 0 Å². The van der Waals surface area contributed by atoms with Gasteiger partial charge in [0.25, 0.3) is 5.91 Å². The highest BCUT2D eigenvalue weighted by Crippen LogP contribution is 2.21. The van der Waals surface area contributed by atoms with Crippen LogP contribution in [0.4, 0.5) is 15.8 Å². The van der Waals surface area contributed by atoms with Crippen molar-refractivity contribution in [3.63, 3.8) is 0 Å². The van der Waals surface area contributed by atoms with Crippen LogP contribution in [0.5, 0.6) is 0 Å². The fraction of sp³-hybridized carbons (Fsp3) is 0.188. The zero-order valence-corrected chi connectivity index (χ0v) is 11.6. The van der Waals surface area contributed by atoms with Crippen molar-refractivity contribution in [2.45, 2.75) is 13.8 Å². The lowest BCUT2D eigenvalue weighted by Gasteiger charge is -2.22. The quantitative estimate of drug-likeness (QED) is 0.871. The highest BCUT2D eigenvalue weighted by molar-refractivity contribution is 6.09. The molecule has 0 fully saturated rings. The molecule has 3 nitrogen and oxygen atoms in total. The third kappa shape index (κ3) is 2.79. The first-order valence-electron chi connectivity index (χ1n) is 6.46. The highest BCUT2D eigenvalue weighted by atomic mass is 19.1. The molecule has 4 heteroatoms. The number of amides is 1. The van der Waals surface area contributed by atoms with Crippen LogP contribution in [-0.2, 0) is 0 Å². The van der Waals surface area contributed by atoms with Gasteiger partial charge in [0.05, 0.1) is 5.56 Å². The van der Waals surface area contributed by atoms with Crippen LogP contribution in [0.3, 0.4) is 0 Å². The SMILES string of the molecule is CCN(C(=O)c1cc(C)ccc1N)c1ccc(F)cc1. The molecule has 20 heavy (non-hydrogen) atoms. The molecule has 0 aliphatic rings. The van der Waals surface area contributed by atoms with E-state index in [1.165, 1.54) is 12.1 Å². The smallest absolute Gasteiger partial charge is 0.260 e. The first-order chi connectivity index (χ1) is 9.52. The second-order valence-corrected chi connectivity index (χ2v) is 4.62. The third-order valence-electron chi connectivity index (χ3n) is 3.14. The molecule has 2 N–H and O–H groups in total. The molecule has 0 spiro atoms. The summed E-state index contributed by atoms with van der Waals surface area (Å²) in [5, 5.41) is 0. The fourth-order valence-electron chi connectivity index (χ4n) is 2.07. The summed E-state index contributed by atoms with van der Waals surface area (Å²) in [4.78, 5) is 14.2. The number of anilines is 2. The minimum absolute atomic E-state index is 0.180. The number of hydrogen-bond acceptors (Lipinski definition) is 2. The van der Waals surface area contributed by atoms with Crippen LogP contribution < -0.4 is 10.6 Å². The van der Waals surface area contributed by atoms with Crippen molar-refractivity contribution < 1.29 is 9.18 Å². The maximum atomic E-state index is 13.0. The van der Waals surface area contributed by atoms with E-state index in [2.05, 4.69) is 0 Å². The summed E-state index contributed by atoms with van der Waals surface area (Å²) in [5.41, 5.74) is 8.41. The topological polar surface area (TPSA) is 46.3 Å². The second kappa shape index (κ2) is 5.74. The maximum absolute atomic E-state index is 13.0. The molecule has 0 atom stereocenters. The van der Waals surface area contributed by atoms with E-state index in [0.29, 0.717) is 23.5 Å². The summed E-state index contributed by atoms with van der Waals surface area (Å²) >= 11 is 0. The molecule has 2 aromatic rings. The molecule has 2 aromatic carbocycles. The Balaban J connectivity index is 2.38. The lowest BCUT2D eigenvalue weighted by molar-refractivity contribution is 0.0989. The third-order valence-corrected chi connectivity index (χ3v) is 3.14. The Labute approximate surface area is 117 Å². The van der Waals surface area contributed by atoms with Gasteiger partial charge in [0.1, 0.15) is 5.82 Å². The average Bonchev–Trinajstić information content (AvgIpc) is 2.44. The van der Waals surface area contributed by atoms with Crippen LogP contribution in [-0.4, -0.2) is 12.5 Å². The van der Waals surface area contributed by atoms with E-state index in [9.17, 15) is 9.18 Å². The van der Waals surface area contributed by atoms with Crippen LogP contribution in [0.2, 0.25) is 0 Å². The number of benzene rings is 2. The van der Waals surface area contributed by atoms with Gasteiger partial charge in [-0.15, -0.1) is 0 Å². The number of carbonyl (C=O) groups excluding carboxylic acids is 1. The molecule has 0 radical (unpaired) electrons. The summed E-state index contributed by atoms with van der Waals surface area (Å²) in [6.45, 7) is 4.26. The van der Waals surface area contributed by atoms with Gasteiger partial charge in [-0.05, 0) is 50.2 Å². The van der Waals surface area contributed by atoms with Crippen molar-refractivity contribution in [2.75, 3.05) is 17.2 Å². The maximum Gasteiger partial charge on any atom is 0.260 e. The molecule has 0 aliphatic carbocycles. The largest absolute Gasteiger partial charge is 0.398 e. The summed E-state index contributed by atoms with van der Waals surface area (Å²) in [6.07, 6.45) is 0. The predicted octanol–water partition coefficient (Wildman–Crippen LogP) is 3.38. The van der Waals surface area contributed by atoms with Gasteiger partial charge in [-0.25, -0.2) is 4.39 Å². The van der Waals surface area contributed by atoms with E-state index < -0.39 is 0 Å². The van der Waals surface area contributed by atoms with E-state index in [-0.39, 0.29) is 11.7 Å². The summed E-state index contributed by atoms with van der Waals surface area (Å²) in [5.74, 6) is -0.507. The molecule has 1 amide bonds. The molecular weight excluding hydrogens is 255 g/mol. The van der Waals surface area contributed by atoms with E-state index >= 15 is 0 Å². The Morgan fingerprint density at radius 3 is 2.45 bits per heavy atom. The van der Waals surface area contributed by atoms with Crippen LogP contribution in [0.15, 0.2) is 42.5 Å². The molecule has 0 heterocycles. The molecule has 0 unspecified atom stereocenters. The van der Waals surface area contributed by atoms with Gasteiger partial charge in [-0.3, -0.25) is 4.79 Å². The van der Waals surface area contributed by atoms with E-state index in [1.54, 1.807) is 29.2 Å². The highest BCUT2D eigenvalue weighted by Gasteiger charge is 2.18. The molecule has 0 aliphatic heterocycles. The van der Waals surface area contributed by atoms with Crippen LogP contribution in [0, 0.1) is 12.7 Å². The average molecular weight is 272 g/mol. The molecule has 0 bridgehead atoms. The van der Waals surface area contributed by atoms with Gasteiger partial charge < -0.3 is 10.6 Å². The van der Waals surface area contributed by atoms with Crippen molar-refractivity contribution in [2.24, 2.45) is 0 Å². The van der Waals surface area contributed by atoms with Gasteiger partial charge >= 0.3 is 0 Å². The Kier molecular flexibility index (Phi) is 4.03. The number of rotatable bonds is 3. The van der Waals surface area contributed by atoms with Crippen LogP contribution in [0.1, 0.15) is 22.8 Å². The van der Waals surface area contributed by atoms with Crippen LogP contribution in [0.25, 0.3) is 0 Å². The summed E-state index contributed by atoms with van der Waals surface area (Å²) < 4.78 is 13.0. The normalized spacial score (nSPS) is 10.3. The van der Waals surface area contributed by atoms with Gasteiger partial charge in [-0.1, -0.05) is 11.6 Å². The number of nitrogen functional groups attached to an aromatic ring is 1. The Bertz CT molecular complexity index is 623. The number of hydrogen-bond donors (Lipinski definition) is 1. The molecule has 0 aromatic heterocycles. The molecule has 0 saturated carbocycles. The first kappa shape index (κ1) is 14.1. The molecular formula is C16H17FN2O. The lowest BCUT2D eigenvalue weighted by atomic mass is 10.1. The zero-order valence-electron chi connectivity index (χ0n) is 11.6. The van der Waals surface area contributed by atoms with Crippen molar-refractivity contribution in [1.82, 2.24) is 0 Å². The number of nitrogens with two attached hydrogens (primary N) is 1. The first-order valence-corrected chi connectivity index (χ1v) is 6.46. The summed E-state index contributed by atoms with van der Waals surface area (Å²) in [6, 6.07) is 11.2. The second-order valence-electron chi connectivity index (χ2n) is 4.62. The number of nitrogens with zero attached hydrogens (tertiary/aromatic N) is 1. The number of aryl methyl sites for hydroxylation is 1. The van der Waals surface area contributed by atoms with Crippen molar-refractivity contribution in [3.05, 3.63) is 59.4 Å². The van der Waals surface area contributed by atoms with E-state index in [1.807, 2.05) is 19.9 Å². The van der Waals surface area contributed by atoms with Gasteiger partial charge in [0, 0.05) is 17.9 Å². The van der Waals surface area contributed by atoms with Crippen molar-refractivity contribution in [3.8, 4) is 0 Å². The number of carbonyl (C=O) groups is 1. The lowest BCUT2D eigenvalue weighted by Crippen LogP contribution is -2.31. The minimum Gasteiger partial charge on any atom is -0.398 e. The Hall–Kier alpha value is -2.36. The molecule has 104 valence electrons. The van der Waals surface area contributed by atoms with Gasteiger partial charge in [0.15, 0.2) is 0 Å². The molecule has 0 saturated heterocycles. The Morgan fingerprint density at radius 2 is 1.85 bits per heavy atom. The van der Waals surface area contributed by atoms with E-state index in [0.717, 1.165) is 5.56 Å². The van der Waals surface area contributed by atoms with Crippen molar-refractivity contribution >= 4 is 17.3 Å². The minimum atomic E-state index is -0.327. The zero-order chi connectivity index (χ0) is 14.7. The van der Waals surface area contributed by atoms with Crippen LogP contribution >= 0.6 is 0 Å². The monoisotopic (exact) mass is 272 g/mol. The van der Waals surface area contributed by atoms with Gasteiger partial charge in [0.2, 0.25) is 0 Å². The van der Waals surface area contributed by atoms with Gasteiger partial charge in [-0.2, -0.15) is 0 Å². The fourth-order valence-corrected chi connectivity index (χ4v) is 2.07.